The van der Waals surface area contributed by atoms with Crippen molar-refractivity contribution in [1.29, 1.82) is 0 Å². The summed E-state index contributed by atoms with van der Waals surface area (Å²) in [6.45, 7) is 8.21. The number of hydrogen-bond donors (Lipinski definition) is 1. The lowest BCUT2D eigenvalue weighted by atomic mass is 9.93. The maximum Gasteiger partial charge on any atom is 0.211 e. The van der Waals surface area contributed by atoms with Crippen LogP contribution in [0.25, 0.3) is 0 Å². The van der Waals surface area contributed by atoms with Gasteiger partial charge in [-0.25, -0.2) is 13.1 Å². The molecule has 1 aliphatic heterocycles. The standard InChI is InChI=1S/C18H30N2O3S/c1-5-24(21,22)19-18-12-20(4)11-10-16(18)13-23-17-8-6-15(7-9-17)14(2)3/h6-9,14,16,18-19H,5,10-13H2,1-4H3/t16-,18-/m0/s1. The SMILES string of the molecule is CCS(=O)(=O)N[C@H]1CN(C)CC[C@H]1COc1ccc(C(C)C)cc1. The summed E-state index contributed by atoms with van der Waals surface area (Å²) in [6, 6.07) is 8.08. The Hall–Kier alpha value is -1.11. The van der Waals surface area contributed by atoms with E-state index in [1.54, 1.807) is 6.92 Å². The highest BCUT2D eigenvalue weighted by Gasteiger charge is 2.31. The fourth-order valence-corrected chi connectivity index (χ4v) is 3.86. The normalized spacial score (nSPS) is 22.7. The number of nitrogens with zero attached hydrogens (tertiary/aromatic N) is 1. The van der Waals surface area contributed by atoms with E-state index in [1.807, 2.05) is 19.2 Å². The van der Waals surface area contributed by atoms with Crippen LogP contribution in [0.4, 0.5) is 0 Å². The zero-order valence-electron chi connectivity index (χ0n) is 15.2. The molecule has 0 aromatic heterocycles. The molecule has 2 rings (SSSR count). The van der Waals surface area contributed by atoms with Gasteiger partial charge in [-0.1, -0.05) is 26.0 Å². The Balaban J connectivity index is 1.97. The molecule has 1 N–H and O–H groups in total. The van der Waals surface area contributed by atoms with Crippen molar-refractivity contribution < 1.29 is 13.2 Å². The Kier molecular flexibility index (Phi) is 6.66. The number of likely N-dealkylation sites (tertiary alicyclic amines) is 1. The number of sulfonamides is 1. The van der Waals surface area contributed by atoms with Crippen molar-refractivity contribution in [2.45, 2.75) is 39.2 Å². The van der Waals surface area contributed by atoms with Gasteiger partial charge in [-0.05, 0) is 50.6 Å². The van der Waals surface area contributed by atoms with Crippen molar-refractivity contribution in [3.05, 3.63) is 29.8 Å². The lowest BCUT2D eigenvalue weighted by molar-refractivity contribution is 0.131. The zero-order chi connectivity index (χ0) is 17.7. The predicted molar refractivity (Wildman–Crippen MR) is 98.0 cm³/mol. The van der Waals surface area contributed by atoms with Gasteiger partial charge in [-0.3, -0.25) is 0 Å². The van der Waals surface area contributed by atoms with E-state index in [1.165, 1.54) is 5.56 Å². The van der Waals surface area contributed by atoms with Gasteiger partial charge in [0.1, 0.15) is 5.75 Å². The van der Waals surface area contributed by atoms with Crippen LogP contribution in [0.1, 0.15) is 38.7 Å². The predicted octanol–water partition coefficient (Wildman–Crippen LogP) is 2.45. The van der Waals surface area contributed by atoms with Crippen LogP contribution in [0.2, 0.25) is 0 Å². The molecular weight excluding hydrogens is 324 g/mol. The molecule has 0 spiro atoms. The second-order valence-corrected chi connectivity index (χ2v) is 9.02. The molecule has 1 aromatic rings. The Morgan fingerprint density at radius 1 is 1.29 bits per heavy atom. The molecule has 1 aromatic carbocycles. The number of benzene rings is 1. The summed E-state index contributed by atoms with van der Waals surface area (Å²) in [6.07, 6.45) is 0.928. The fourth-order valence-electron chi connectivity index (χ4n) is 2.96. The van der Waals surface area contributed by atoms with Crippen LogP contribution in [0.3, 0.4) is 0 Å². The van der Waals surface area contributed by atoms with Gasteiger partial charge in [0.15, 0.2) is 0 Å². The van der Waals surface area contributed by atoms with E-state index in [-0.39, 0.29) is 17.7 Å². The highest BCUT2D eigenvalue weighted by Crippen LogP contribution is 2.22. The molecule has 2 atom stereocenters. The summed E-state index contributed by atoms with van der Waals surface area (Å²) >= 11 is 0. The highest BCUT2D eigenvalue weighted by molar-refractivity contribution is 7.89. The number of rotatable bonds is 7. The van der Waals surface area contributed by atoms with Gasteiger partial charge in [0, 0.05) is 18.5 Å². The summed E-state index contributed by atoms with van der Waals surface area (Å²) < 4.78 is 32.6. The van der Waals surface area contributed by atoms with Gasteiger partial charge < -0.3 is 9.64 Å². The van der Waals surface area contributed by atoms with E-state index in [9.17, 15) is 8.42 Å². The first-order chi connectivity index (χ1) is 11.3. The first kappa shape index (κ1) is 19.2. The molecule has 24 heavy (non-hydrogen) atoms. The molecule has 0 amide bonds. The van der Waals surface area contributed by atoms with Crippen molar-refractivity contribution >= 4 is 10.0 Å². The number of hydrogen-bond acceptors (Lipinski definition) is 4. The number of nitrogens with one attached hydrogen (secondary N) is 1. The Labute approximate surface area is 146 Å². The fraction of sp³-hybridized carbons (Fsp3) is 0.667. The third kappa shape index (κ3) is 5.46. The van der Waals surface area contributed by atoms with Crippen molar-refractivity contribution in [2.24, 2.45) is 5.92 Å². The van der Waals surface area contributed by atoms with Gasteiger partial charge in [0.25, 0.3) is 0 Å². The van der Waals surface area contributed by atoms with Crippen LogP contribution in [-0.2, 0) is 10.0 Å². The maximum absolute atomic E-state index is 11.9. The second kappa shape index (κ2) is 8.32. The molecule has 0 aliphatic carbocycles. The van der Waals surface area contributed by atoms with Crippen LogP contribution in [-0.4, -0.2) is 51.9 Å². The zero-order valence-corrected chi connectivity index (χ0v) is 16.0. The van der Waals surface area contributed by atoms with Crippen LogP contribution in [0, 0.1) is 5.92 Å². The molecule has 5 nitrogen and oxygen atoms in total. The maximum atomic E-state index is 11.9. The average molecular weight is 355 g/mol. The molecular formula is C18H30N2O3S. The van der Waals surface area contributed by atoms with E-state index >= 15 is 0 Å². The van der Waals surface area contributed by atoms with Crippen molar-refractivity contribution in [2.75, 3.05) is 32.5 Å². The topological polar surface area (TPSA) is 58.6 Å². The average Bonchev–Trinajstić information content (AvgIpc) is 2.54. The van der Waals surface area contributed by atoms with Gasteiger partial charge in [-0.15, -0.1) is 0 Å². The Morgan fingerprint density at radius 2 is 1.96 bits per heavy atom. The van der Waals surface area contributed by atoms with E-state index in [0.29, 0.717) is 12.5 Å². The summed E-state index contributed by atoms with van der Waals surface area (Å²) in [4.78, 5) is 2.16. The highest BCUT2D eigenvalue weighted by atomic mass is 32.2. The molecule has 0 saturated carbocycles. The molecule has 0 radical (unpaired) electrons. The largest absolute Gasteiger partial charge is 0.493 e. The van der Waals surface area contributed by atoms with E-state index < -0.39 is 10.0 Å². The van der Waals surface area contributed by atoms with E-state index in [2.05, 4.69) is 35.6 Å². The van der Waals surface area contributed by atoms with Gasteiger partial charge in [0.05, 0.1) is 12.4 Å². The first-order valence-electron chi connectivity index (χ1n) is 8.72. The van der Waals surface area contributed by atoms with E-state index in [4.69, 9.17) is 4.74 Å². The van der Waals surface area contributed by atoms with Crippen LogP contribution >= 0.6 is 0 Å². The molecule has 0 bridgehead atoms. The molecule has 1 fully saturated rings. The number of likely N-dealkylation sites (N-methyl/N-ethyl adjacent to an activating group) is 1. The van der Waals surface area contributed by atoms with Crippen molar-refractivity contribution in [1.82, 2.24) is 9.62 Å². The lowest BCUT2D eigenvalue weighted by Gasteiger charge is -2.36. The monoisotopic (exact) mass is 354 g/mol. The van der Waals surface area contributed by atoms with Gasteiger partial charge >= 0.3 is 0 Å². The Morgan fingerprint density at radius 3 is 2.54 bits per heavy atom. The summed E-state index contributed by atoms with van der Waals surface area (Å²) in [7, 11) is -1.18. The summed E-state index contributed by atoms with van der Waals surface area (Å²) in [5.74, 6) is 1.64. The van der Waals surface area contributed by atoms with Crippen molar-refractivity contribution in [3.63, 3.8) is 0 Å². The van der Waals surface area contributed by atoms with Gasteiger partial charge in [-0.2, -0.15) is 0 Å². The second-order valence-electron chi connectivity index (χ2n) is 6.97. The van der Waals surface area contributed by atoms with Crippen LogP contribution in [0.15, 0.2) is 24.3 Å². The summed E-state index contributed by atoms with van der Waals surface area (Å²) in [5.41, 5.74) is 1.29. The molecule has 6 heteroatoms. The first-order valence-corrected chi connectivity index (χ1v) is 10.4. The number of piperidine rings is 1. The quantitative estimate of drug-likeness (QED) is 0.817. The van der Waals surface area contributed by atoms with Gasteiger partial charge in [0.2, 0.25) is 10.0 Å². The van der Waals surface area contributed by atoms with Crippen molar-refractivity contribution in [3.8, 4) is 5.75 Å². The Bertz CT molecular complexity index is 614. The molecule has 136 valence electrons. The third-order valence-corrected chi connectivity index (χ3v) is 6.10. The summed E-state index contributed by atoms with van der Waals surface area (Å²) in [5, 5.41) is 0. The minimum atomic E-state index is -3.21. The van der Waals surface area contributed by atoms with Crippen LogP contribution < -0.4 is 9.46 Å². The molecule has 0 unspecified atom stereocenters. The van der Waals surface area contributed by atoms with E-state index in [0.717, 1.165) is 25.3 Å². The number of ether oxygens (including phenoxy) is 1. The molecule has 1 saturated heterocycles. The molecule has 1 aliphatic rings. The minimum Gasteiger partial charge on any atom is -0.493 e. The lowest BCUT2D eigenvalue weighted by Crippen LogP contribution is -2.53. The van der Waals surface area contributed by atoms with Crippen LogP contribution in [0.5, 0.6) is 5.75 Å². The minimum absolute atomic E-state index is 0.0939. The molecule has 1 heterocycles. The smallest absolute Gasteiger partial charge is 0.211 e. The third-order valence-electron chi connectivity index (χ3n) is 4.68.